The van der Waals surface area contributed by atoms with Crippen LogP contribution < -0.4 is 5.32 Å². The van der Waals surface area contributed by atoms with E-state index < -0.39 is 0 Å². The van der Waals surface area contributed by atoms with Gasteiger partial charge in [-0.1, -0.05) is 52.3 Å². The molecule has 1 unspecified atom stereocenters. The van der Waals surface area contributed by atoms with Gasteiger partial charge in [-0.15, -0.1) is 0 Å². The van der Waals surface area contributed by atoms with E-state index >= 15 is 0 Å². The number of hydrogen-bond acceptors (Lipinski definition) is 1. The van der Waals surface area contributed by atoms with Crippen LogP contribution in [-0.2, 0) is 19.4 Å². The average Bonchev–Trinajstić information content (AvgIpc) is 2.45. The summed E-state index contributed by atoms with van der Waals surface area (Å²) in [6.45, 7) is 0.951. The molecule has 2 aromatic rings. The fourth-order valence-electron chi connectivity index (χ4n) is 2.78. The lowest BCUT2D eigenvalue weighted by Crippen LogP contribution is -2.34. The van der Waals surface area contributed by atoms with Gasteiger partial charge in [0.2, 0.25) is 0 Å². The Balaban J connectivity index is 1.61. The molecule has 0 fully saturated rings. The van der Waals surface area contributed by atoms with Crippen LogP contribution >= 0.6 is 15.9 Å². The van der Waals surface area contributed by atoms with Crippen LogP contribution in [0.25, 0.3) is 0 Å². The molecule has 1 nitrogen and oxygen atoms in total. The molecule has 0 saturated heterocycles. The smallest absolute Gasteiger partial charge is 0.0208 e. The summed E-state index contributed by atoms with van der Waals surface area (Å²) >= 11 is 3.52. The van der Waals surface area contributed by atoms with Crippen LogP contribution in [0.2, 0.25) is 0 Å². The van der Waals surface area contributed by atoms with Gasteiger partial charge in [0.25, 0.3) is 0 Å². The Kier molecular flexibility index (Phi) is 4.00. The van der Waals surface area contributed by atoms with E-state index in [9.17, 15) is 0 Å². The minimum atomic E-state index is 0.605. The van der Waals surface area contributed by atoms with Gasteiger partial charge in [-0.3, -0.25) is 0 Å². The average molecular weight is 316 g/mol. The Morgan fingerprint density at radius 3 is 2.74 bits per heavy atom. The fourth-order valence-corrected chi connectivity index (χ4v) is 3.23. The van der Waals surface area contributed by atoms with Crippen LogP contribution in [0.1, 0.15) is 23.1 Å². The van der Waals surface area contributed by atoms with E-state index in [1.54, 1.807) is 0 Å². The number of rotatable bonds is 3. The minimum Gasteiger partial charge on any atom is -0.310 e. The minimum absolute atomic E-state index is 0.605. The molecule has 19 heavy (non-hydrogen) atoms. The second-order valence-corrected chi connectivity index (χ2v) is 6.13. The van der Waals surface area contributed by atoms with Gasteiger partial charge in [-0.05, 0) is 48.1 Å². The first-order valence-electron chi connectivity index (χ1n) is 6.86. The topological polar surface area (TPSA) is 12.0 Å². The molecular weight excluding hydrogens is 298 g/mol. The third-order valence-corrected chi connectivity index (χ3v) is 4.32. The van der Waals surface area contributed by atoms with Crippen LogP contribution in [0.5, 0.6) is 0 Å². The zero-order valence-electron chi connectivity index (χ0n) is 10.9. The van der Waals surface area contributed by atoms with Gasteiger partial charge in [0, 0.05) is 17.1 Å². The lowest BCUT2D eigenvalue weighted by molar-refractivity contribution is 0.457. The highest BCUT2D eigenvalue weighted by Crippen LogP contribution is 2.21. The second-order valence-electron chi connectivity index (χ2n) is 5.22. The molecule has 1 aliphatic carbocycles. The molecule has 0 spiro atoms. The Bertz CT molecular complexity index is 565. The largest absolute Gasteiger partial charge is 0.310 e. The van der Waals surface area contributed by atoms with Gasteiger partial charge in [-0.25, -0.2) is 0 Å². The van der Waals surface area contributed by atoms with Crippen LogP contribution in [-0.4, -0.2) is 6.04 Å². The van der Waals surface area contributed by atoms with E-state index in [-0.39, 0.29) is 0 Å². The van der Waals surface area contributed by atoms with Gasteiger partial charge in [0.15, 0.2) is 0 Å². The number of benzene rings is 2. The highest BCUT2D eigenvalue weighted by molar-refractivity contribution is 9.10. The van der Waals surface area contributed by atoms with Crippen molar-refractivity contribution in [1.29, 1.82) is 0 Å². The maximum absolute atomic E-state index is 3.69. The van der Waals surface area contributed by atoms with Crippen LogP contribution in [0, 0.1) is 0 Å². The molecule has 2 heteroatoms. The molecular formula is C17H18BrN. The third kappa shape index (κ3) is 3.26. The van der Waals surface area contributed by atoms with E-state index in [4.69, 9.17) is 0 Å². The summed E-state index contributed by atoms with van der Waals surface area (Å²) in [5.41, 5.74) is 4.39. The summed E-state index contributed by atoms with van der Waals surface area (Å²) in [5, 5.41) is 3.69. The lowest BCUT2D eigenvalue weighted by Gasteiger charge is -2.25. The van der Waals surface area contributed by atoms with E-state index in [0.29, 0.717) is 6.04 Å². The van der Waals surface area contributed by atoms with Gasteiger partial charge in [0.05, 0.1) is 0 Å². The number of halogens is 1. The van der Waals surface area contributed by atoms with Crippen molar-refractivity contribution >= 4 is 15.9 Å². The molecule has 1 N–H and O–H groups in total. The molecule has 1 atom stereocenters. The van der Waals surface area contributed by atoms with Crippen molar-refractivity contribution in [2.75, 3.05) is 0 Å². The molecule has 0 heterocycles. The highest BCUT2D eigenvalue weighted by Gasteiger charge is 2.17. The number of hydrogen-bond donors (Lipinski definition) is 1. The second kappa shape index (κ2) is 5.89. The maximum Gasteiger partial charge on any atom is 0.0208 e. The molecule has 0 bridgehead atoms. The summed E-state index contributed by atoms with van der Waals surface area (Å²) < 4.78 is 1.15. The van der Waals surface area contributed by atoms with Crippen molar-refractivity contribution in [3.05, 3.63) is 69.7 Å². The van der Waals surface area contributed by atoms with Crippen molar-refractivity contribution in [3.63, 3.8) is 0 Å². The first kappa shape index (κ1) is 12.9. The van der Waals surface area contributed by atoms with Crippen LogP contribution in [0.3, 0.4) is 0 Å². The monoisotopic (exact) mass is 315 g/mol. The normalized spacial score (nSPS) is 18.1. The first-order valence-corrected chi connectivity index (χ1v) is 7.65. The van der Waals surface area contributed by atoms with Crippen LogP contribution in [0.15, 0.2) is 53.0 Å². The van der Waals surface area contributed by atoms with Crippen molar-refractivity contribution in [1.82, 2.24) is 5.32 Å². The number of nitrogens with one attached hydrogen (secondary N) is 1. The molecule has 0 radical (unpaired) electrons. The van der Waals surface area contributed by atoms with Crippen molar-refractivity contribution in [3.8, 4) is 0 Å². The quantitative estimate of drug-likeness (QED) is 0.899. The summed E-state index contributed by atoms with van der Waals surface area (Å²) in [6, 6.07) is 18.0. The maximum atomic E-state index is 3.69. The molecule has 0 aromatic heterocycles. The standard InChI is InChI=1S/C17H18BrN/c18-16-7-3-4-13(10-16)12-19-17-9-8-14-5-1-2-6-15(14)11-17/h1-7,10,17,19H,8-9,11-12H2. The Labute approximate surface area is 123 Å². The van der Waals surface area contributed by atoms with Crippen molar-refractivity contribution < 1.29 is 0 Å². The first-order chi connectivity index (χ1) is 9.31. The van der Waals surface area contributed by atoms with Crippen molar-refractivity contribution in [2.24, 2.45) is 0 Å². The van der Waals surface area contributed by atoms with E-state index in [2.05, 4.69) is 69.8 Å². The van der Waals surface area contributed by atoms with E-state index in [0.717, 1.165) is 17.4 Å². The Morgan fingerprint density at radius 2 is 1.89 bits per heavy atom. The van der Waals surface area contributed by atoms with E-state index in [1.807, 2.05) is 0 Å². The summed E-state index contributed by atoms with van der Waals surface area (Å²) in [5.74, 6) is 0. The number of fused-ring (bicyclic) bond motifs is 1. The zero-order valence-corrected chi connectivity index (χ0v) is 12.5. The highest BCUT2D eigenvalue weighted by atomic mass is 79.9. The number of aryl methyl sites for hydroxylation is 1. The lowest BCUT2D eigenvalue weighted by atomic mass is 9.88. The zero-order chi connectivity index (χ0) is 13.1. The molecule has 0 saturated carbocycles. The Morgan fingerprint density at radius 1 is 1.05 bits per heavy atom. The molecule has 1 aliphatic rings. The van der Waals surface area contributed by atoms with Gasteiger partial charge < -0.3 is 5.32 Å². The summed E-state index contributed by atoms with van der Waals surface area (Å²) in [7, 11) is 0. The van der Waals surface area contributed by atoms with Crippen LogP contribution in [0.4, 0.5) is 0 Å². The summed E-state index contributed by atoms with van der Waals surface area (Å²) in [6.07, 6.45) is 3.60. The molecule has 3 rings (SSSR count). The van der Waals surface area contributed by atoms with Gasteiger partial charge in [-0.2, -0.15) is 0 Å². The Hall–Kier alpha value is -1.12. The summed E-state index contributed by atoms with van der Waals surface area (Å²) in [4.78, 5) is 0. The molecule has 2 aromatic carbocycles. The van der Waals surface area contributed by atoms with E-state index in [1.165, 1.54) is 29.5 Å². The SMILES string of the molecule is Brc1cccc(CNC2CCc3ccccc3C2)c1. The van der Waals surface area contributed by atoms with Crippen molar-refractivity contribution in [2.45, 2.75) is 31.8 Å². The molecule has 98 valence electrons. The molecule has 0 aliphatic heterocycles. The van der Waals surface area contributed by atoms with Gasteiger partial charge in [0.1, 0.15) is 0 Å². The molecule has 0 amide bonds. The predicted molar refractivity (Wildman–Crippen MR) is 83.2 cm³/mol. The third-order valence-electron chi connectivity index (χ3n) is 3.83. The fraction of sp³-hybridized carbons (Fsp3) is 0.294. The predicted octanol–water partition coefficient (Wildman–Crippen LogP) is 4.10. The van der Waals surface area contributed by atoms with Gasteiger partial charge >= 0.3 is 0 Å².